The number of aromatic nitrogens is 2. The Kier molecular flexibility index (Phi) is 3.98. The Hall–Kier alpha value is -2.14. The van der Waals surface area contributed by atoms with E-state index in [9.17, 15) is 4.79 Å². The van der Waals surface area contributed by atoms with Gasteiger partial charge in [0.1, 0.15) is 5.82 Å². The molecule has 116 valence electrons. The Balaban J connectivity index is 1.82. The zero-order valence-electron chi connectivity index (χ0n) is 13.3. The monoisotopic (exact) mass is 298 g/mol. The molecule has 0 bridgehead atoms. The molecule has 22 heavy (non-hydrogen) atoms. The van der Waals surface area contributed by atoms with Gasteiger partial charge in [0.25, 0.3) is 0 Å². The van der Waals surface area contributed by atoms with Crippen molar-refractivity contribution in [2.24, 2.45) is 0 Å². The normalized spacial score (nSPS) is 16.8. The molecule has 5 nitrogen and oxygen atoms in total. The number of anilines is 1. The van der Waals surface area contributed by atoms with Crippen molar-refractivity contribution >= 4 is 11.6 Å². The molecule has 2 aromatic rings. The minimum Gasteiger partial charge on any atom is -0.344 e. The lowest BCUT2D eigenvalue weighted by Crippen LogP contribution is -2.11. The summed E-state index contributed by atoms with van der Waals surface area (Å²) in [6.45, 7) is 2.36. The number of fused-ring (bicyclic) bond motifs is 1. The van der Waals surface area contributed by atoms with Crippen molar-refractivity contribution in [3.8, 4) is 0 Å². The van der Waals surface area contributed by atoms with Gasteiger partial charge >= 0.3 is 0 Å². The highest BCUT2D eigenvalue weighted by Crippen LogP contribution is 2.38. The molecule has 1 amide bonds. The molecular weight excluding hydrogens is 276 g/mol. The summed E-state index contributed by atoms with van der Waals surface area (Å²) >= 11 is 0. The quantitative estimate of drug-likeness (QED) is 0.911. The number of H-pyrrole nitrogens is 1. The van der Waals surface area contributed by atoms with Crippen molar-refractivity contribution in [3.63, 3.8) is 0 Å². The molecule has 1 aromatic carbocycles. The number of nitrogens with zero attached hydrogens (tertiary/aromatic N) is 2. The number of rotatable bonds is 4. The van der Waals surface area contributed by atoms with Crippen LogP contribution in [-0.2, 0) is 17.8 Å². The number of hydrogen-bond acceptors (Lipinski definition) is 3. The fourth-order valence-electron chi connectivity index (χ4n) is 3.16. The number of benzene rings is 1. The zero-order valence-corrected chi connectivity index (χ0v) is 13.3. The number of carbonyl (C=O) groups is 1. The van der Waals surface area contributed by atoms with Gasteiger partial charge in [-0.05, 0) is 50.2 Å². The molecule has 3 rings (SSSR count). The number of aryl methyl sites for hydroxylation is 1. The fourth-order valence-corrected chi connectivity index (χ4v) is 3.16. The zero-order chi connectivity index (χ0) is 15.7. The van der Waals surface area contributed by atoms with E-state index in [0.717, 1.165) is 30.9 Å². The summed E-state index contributed by atoms with van der Waals surface area (Å²) in [6.07, 6.45) is 4.08. The van der Waals surface area contributed by atoms with Crippen LogP contribution < -0.4 is 5.32 Å². The molecule has 2 N–H and O–H groups in total. The van der Waals surface area contributed by atoms with E-state index in [1.54, 1.807) is 0 Å². The van der Waals surface area contributed by atoms with E-state index in [4.69, 9.17) is 0 Å². The molecule has 1 heterocycles. The maximum atomic E-state index is 11.2. The largest absolute Gasteiger partial charge is 0.344 e. The summed E-state index contributed by atoms with van der Waals surface area (Å²) in [5.41, 5.74) is 4.72. The minimum atomic E-state index is -0.0311. The van der Waals surface area contributed by atoms with Crippen LogP contribution in [0.15, 0.2) is 24.4 Å². The van der Waals surface area contributed by atoms with Gasteiger partial charge in [0.05, 0.1) is 6.54 Å². The van der Waals surface area contributed by atoms with Gasteiger partial charge < -0.3 is 15.2 Å². The van der Waals surface area contributed by atoms with E-state index in [1.807, 2.05) is 26.4 Å². The van der Waals surface area contributed by atoms with Crippen molar-refractivity contribution in [3.05, 3.63) is 47.0 Å². The highest BCUT2D eigenvalue weighted by atomic mass is 16.1. The average molecular weight is 298 g/mol. The van der Waals surface area contributed by atoms with E-state index in [1.165, 1.54) is 23.7 Å². The maximum Gasteiger partial charge on any atom is 0.221 e. The van der Waals surface area contributed by atoms with Gasteiger partial charge in [-0.1, -0.05) is 6.07 Å². The second kappa shape index (κ2) is 5.93. The average Bonchev–Trinajstić information content (AvgIpc) is 3.03. The van der Waals surface area contributed by atoms with Gasteiger partial charge in [-0.25, -0.2) is 4.98 Å². The molecule has 0 saturated carbocycles. The Morgan fingerprint density at radius 1 is 1.45 bits per heavy atom. The molecule has 0 saturated heterocycles. The molecule has 0 aliphatic heterocycles. The number of hydrogen-bond donors (Lipinski definition) is 2. The van der Waals surface area contributed by atoms with Gasteiger partial charge in [0.15, 0.2) is 0 Å². The smallest absolute Gasteiger partial charge is 0.221 e. The molecule has 0 fully saturated rings. The number of carbonyl (C=O) groups excluding carboxylic acids is 1. The molecule has 5 heteroatoms. The Bertz CT molecular complexity index is 690. The Morgan fingerprint density at radius 3 is 3.00 bits per heavy atom. The van der Waals surface area contributed by atoms with Crippen LogP contribution in [0.2, 0.25) is 0 Å². The topological polar surface area (TPSA) is 61.0 Å². The van der Waals surface area contributed by atoms with Crippen LogP contribution in [0.25, 0.3) is 0 Å². The summed E-state index contributed by atoms with van der Waals surface area (Å²) in [5.74, 6) is 1.35. The van der Waals surface area contributed by atoms with E-state index in [-0.39, 0.29) is 5.91 Å². The fraction of sp³-hybridized carbons (Fsp3) is 0.412. The molecule has 0 spiro atoms. The van der Waals surface area contributed by atoms with E-state index >= 15 is 0 Å². The molecule has 1 aromatic heterocycles. The lowest BCUT2D eigenvalue weighted by Gasteiger charge is -2.11. The maximum absolute atomic E-state index is 11.2. The highest BCUT2D eigenvalue weighted by molar-refractivity contribution is 5.88. The predicted molar refractivity (Wildman–Crippen MR) is 86.9 cm³/mol. The van der Waals surface area contributed by atoms with Gasteiger partial charge in [0.2, 0.25) is 5.91 Å². The first-order chi connectivity index (χ1) is 10.5. The first kappa shape index (κ1) is 14.8. The summed E-state index contributed by atoms with van der Waals surface area (Å²) in [5, 5.41) is 2.85. The van der Waals surface area contributed by atoms with E-state index in [2.05, 4.69) is 32.3 Å². The third kappa shape index (κ3) is 3.04. The Morgan fingerprint density at radius 2 is 2.27 bits per heavy atom. The van der Waals surface area contributed by atoms with Gasteiger partial charge in [-0.15, -0.1) is 0 Å². The van der Waals surface area contributed by atoms with E-state index < -0.39 is 0 Å². The first-order valence-electron chi connectivity index (χ1n) is 7.62. The summed E-state index contributed by atoms with van der Waals surface area (Å²) in [7, 11) is 4.08. The third-order valence-electron chi connectivity index (χ3n) is 4.03. The molecule has 1 unspecified atom stereocenters. The van der Waals surface area contributed by atoms with Crippen LogP contribution in [0.4, 0.5) is 5.69 Å². The van der Waals surface area contributed by atoms with Crippen LogP contribution in [0.3, 0.4) is 0 Å². The number of nitrogens with one attached hydrogen (secondary N) is 2. The second-order valence-electron chi connectivity index (χ2n) is 6.21. The number of imidazole rings is 1. The summed E-state index contributed by atoms with van der Waals surface area (Å²) < 4.78 is 0. The van der Waals surface area contributed by atoms with Gasteiger partial charge in [-0.2, -0.15) is 0 Å². The van der Waals surface area contributed by atoms with Crippen LogP contribution >= 0.6 is 0 Å². The minimum absolute atomic E-state index is 0.0311. The van der Waals surface area contributed by atoms with Crippen LogP contribution in [-0.4, -0.2) is 34.9 Å². The first-order valence-corrected chi connectivity index (χ1v) is 7.62. The van der Waals surface area contributed by atoms with Crippen molar-refractivity contribution in [1.82, 2.24) is 14.9 Å². The number of aromatic amines is 1. The van der Waals surface area contributed by atoms with Crippen molar-refractivity contribution in [1.29, 1.82) is 0 Å². The van der Waals surface area contributed by atoms with Crippen LogP contribution in [0.5, 0.6) is 0 Å². The lowest BCUT2D eigenvalue weighted by atomic mass is 9.98. The van der Waals surface area contributed by atoms with Crippen LogP contribution in [0, 0.1) is 0 Å². The van der Waals surface area contributed by atoms with E-state index in [0.29, 0.717) is 5.92 Å². The standard InChI is InChI=1S/C17H22N4O/c1-11(22)19-13-5-7-14-12(8-13)4-6-15(14)16-9-18-17(20-16)10-21(2)3/h5,7-9,15H,4,6,10H2,1-3H3,(H,18,20)(H,19,22). The summed E-state index contributed by atoms with van der Waals surface area (Å²) in [4.78, 5) is 21.2. The van der Waals surface area contributed by atoms with Gasteiger partial charge in [-0.3, -0.25) is 4.79 Å². The molecular formula is C17H22N4O. The van der Waals surface area contributed by atoms with Crippen molar-refractivity contribution in [2.75, 3.05) is 19.4 Å². The van der Waals surface area contributed by atoms with Crippen molar-refractivity contribution < 1.29 is 4.79 Å². The second-order valence-corrected chi connectivity index (χ2v) is 6.21. The molecule has 1 atom stereocenters. The lowest BCUT2D eigenvalue weighted by molar-refractivity contribution is -0.114. The third-order valence-corrected chi connectivity index (χ3v) is 4.03. The molecule has 1 aliphatic carbocycles. The molecule has 1 aliphatic rings. The SMILES string of the molecule is CC(=O)Nc1ccc2c(c1)CCC2c1cnc(CN(C)C)[nH]1. The van der Waals surface area contributed by atoms with Gasteiger partial charge in [0, 0.05) is 30.4 Å². The number of amides is 1. The predicted octanol–water partition coefficient (Wildman–Crippen LogP) is 2.51. The highest BCUT2D eigenvalue weighted by Gasteiger charge is 2.25. The summed E-state index contributed by atoms with van der Waals surface area (Å²) in [6, 6.07) is 6.20. The van der Waals surface area contributed by atoms with Crippen LogP contribution in [0.1, 0.15) is 41.9 Å². The van der Waals surface area contributed by atoms with Crippen molar-refractivity contribution in [2.45, 2.75) is 32.2 Å². The molecule has 0 radical (unpaired) electrons. The Labute approximate surface area is 130 Å².